The van der Waals surface area contributed by atoms with Crippen LogP contribution in [0.4, 0.5) is 21.9 Å². The summed E-state index contributed by atoms with van der Waals surface area (Å²) in [5, 5.41) is 8.99. The van der Waals surface area contributed by atoms with Crippen molar-refractivity contribution >= 4 is 23.1 Å². The summed E-state index contributed by atoms with van der Waals surface area (Å²) in [6.45, 7) is 0.827. The van der Waals surface area contributed by atoms with Crippen molar-refractivity contribution in [3.05, 3.63) is 84.4 Å². The molecule has 3 rings (SSSR count). The van der Waals surface area contributed by atoms with Gasteiger partial charge in [-0.2, -0.15) is 0 Å². The second kappa shape index (κ2) is 9.29. The highest BCUT2D eigenvalue weighted by Crippen LogP contribution is 2.15. The van der Waals surface area contributed by atoms with Gasteiger partial charge < -0.3 is 20.7 Å². The normalized spacial score (nSPS) is 10.1. The lowest BCUT2D eigenvalue weighted by atomic mass is 10.1. The summed E-state index contributed by atoms with van der Waals surface area (Å²) in [6.07, 6.45) is 0.920. The first-order valence-electron chi connectivity index (χ1n) is 8.83. The van der Waals surface area contributed by atoms with Crippen molar-refractivity contribution in [1.29, 1.82) is 0 Å². The maximum Gasteiger partial charge on any atom is 0.323 e. The van der Waals surface area contributed by atoms with Crippen LogP contribution in [0.3, 0.4) is 0 Å². The Hall–Kier alpha value is -3.47. The summed E-state index contributed by atoms with van der Waals surface area (Å²) in [5.74, 6) is 0.867. The van der Waals surface area contributed by atoms with Gasteiger partial charge in [0, 0.05) is 23.6 Å². The molecule has 27 heavy (non-hydrogen) atoms. The van der Waals surface area contributed by atoms with E-state index in [4.69, 9.17) is 4.74 Å². The molecule has 0 bridgehead atoms. The fraction of sp³-hybridized carbons (Fsp3) is 0.136. The van der Waals surface area contributed by atoms with E-state index in [-0.39, 0.29) is 6.03 Å². The van der Waals surface area contributed by atoms with E-state index in [1.54, 1.807) is 7.11 Å². The highest BCUT2D eigenvalue weighted by molar-refractivity contribution is 5.99. The van der Waals surface area contributed by atoms with Gasteiger partial charge in [-0.3, -0.25) is 0 Å². The molecule has 3 aromatic carbocycles. The Bertz CT molecular complexity index is 847. The number of methoxy groups -OCH3 is 1. The molecule has 0 heterocycles. The molecule has 0 aliphatic carbocycles. The van der Waals surface area contributed by atoms with E-state index in [0.29, 0.717) is 0 Å². The Balaban J connectivity index is 1.44. The lowest BCUT2D eigenvalue weighted by Crippen LogP contribution is -2.19. The summed E-state index contributed by atoms with van der Waals surface area (Å²) in [6, 6.07) is 24.8. The fourth-order valence-corrected chi connectivity index (χ4v) is 2.63. The number of nitrogens with one attached hydrogen (secondary N) is 3. The van der Waals surface area contributed by atoms with Gasteiger partial charge in [0.2, 0.25) is 0 Å². The van der Waals surface area contributed by atoms with E-state index in [2.05, 4.69) is 28.1 Å². The summed E-state index contributed by atoms with van der Waals surface area (Å²) in [5.41, 5.74) is 3.76. The average Bonchev–Trinajstić information content (AvgIpc) is 2.70. The number of benzene rings is 3. The number of carbonyl (C=O) groups is 1. The Labute approximate surface area is 159 Å². The Kier molecular flexibility index (Phi) is 6.30. The standard InChI is InChI=1S/C22H23N3O2/c1-27-21-13-7-17(8-14-21)15-16-23-18-9-11-20(12-10-18)25-22(26)24-19-5-3-2-4-6-19/h2-14,23H,15-16H2,1H3,(H2,24,25,26). The molecule has 3 N–H and O–H groups in total. The molecular weight excluding hydrogens is 338 g/mol. The molecule has 0 saturated heterocycles. The molecule has 0 fully saturated rings. The van der Waals surface area contributed by atoms with Gasteiger partial charge in [0.05, 0.1) is 7.11 Å². The van der Waals surface area contributed by atoms with Crippen LogP contribution in [-0.2, 0) is 6.42 Å². The van der Waals surface area contributed by atoms with Crippen LogP contribution in [0.1, 0.15) is 5.56 Å². The highest BCUT2D eigenvalue weighted by atomic mass is 16.5. The molecule has 2 amide bonds. The van der Waals surface area contributed by atoms with E-state index in [9.17, 15) is 4.79 Å². The fourth-order valence-electron chi connectivity index (χ4n) is 2.63. The van der Waals surface area contributed by atoms with Crippen LogP contribution in [0.15, 0.2) is 78.9 Å². The third-order valence-electron chi connectivity index (χ3n) is 4.08. The summed E-state index contributed by atoms with van der Waals surface area (Å²) in [4.78, 5) is 12.0. The SMILES string of the molecule is COc1ccc(CCNc2ccc(NC(=O)Nc3ccccc3)cc2)cc1. The molecule has 0 aliphatic rings. The number of hydrogen-bond acceptors (Lipinski definition) is 3. The van der Waals surface area contributed by atoms with Crippen LogP contribution < -0.4 is 20.7 Å². The third kappa shape index (κ3) is 5.78. The van der Waals surface area contributed by atoms with Crippen molar-refractivity contribution in [1.82, 2.24) is 0 Å². The molecule has 5 heteroatoms. The van der Waals surface area contributed by atoms with Crippen LogP contribution in [-0.4, -0.2) is 19.7 Å². The number of para-hydroxylation sites is 1. The molecular formula is C22H23N3O2. The number of amides is 2. The molecule has 0 radical (unpaired) electrons. The predicted molar refractivity (Wildman–Crippen MR) is 111 cm³/mol. The van der Waals surface area contributed by atoms with Gasteiger partial charge in [0.25, 0.3) is 0 Å². The Morgan fingerprint density at radius 1 is 0.778 bits per heavy atom. The number of ether oxygens (including phenoxy) is 1. The van der Waals surface area contributed by atoms with E-state index < -0.39 is 0 Å². The van der Waals surface area contributed by atoms with Crippen molar-refractivity contribution in [3.8, 4) is 5.75 Å². The summed E-state index contributed by atoms with van der Waals surface area (Å²) in [7, 11) is 1.67. The Morgan fingerprint density at radius 3 is 2.00 bits per heavy atom. The van der Waals surface area contributed by atoms with E-state index >= 15 is 0 Å². The number of carbonyl (C=O) groups excluding carboxylic acids is 1. The second-order valence-electron chi connectivity index (χ2n) is 6.05. The van der Waals surface area contributed by atoms with Gasteiger partial charge in [0.1, 0.15) is 5.75 Å². The van der Waals surface area contributed by atoms with E-state index in [1.165, 1.54) is 5.56 Å². The maximum absolute atomic E-state index is 12.0. The molecule has 0 saturated carbocycles. The molecule has 138 valence electrons. The zero-order chi connectivity index (χ0) is 18.9. The minimum absolute atomic E-state index is 0.263. The van der Waals surface area contributed by atoms with Crippen molar-refractivity contribution in [2.24, 2.45) is 0 Å². The molecule has 0 spiro atoms. The van der Waals surface area contributed by atoms with Crippen molar-refractivity contribution < 1.29 is 9.53 Å². The summed E-state index contributed by atoms with van der Waals surface area (Å²) < 4.78 is 5.16. The largest absolute Gasteiger partial charge is 0.497 e. The van der Waals surface area contributed by atoms with E-state index in [0.717, 1.165) is 35.8 Å². The first-order valence-corrected chi connectivity index (χ1v) is 8.83. The monoisotopic (exact) mass is 361 g/mol. The zero-order valence-electron chi connectivity index (χ0n) is 15.2. The molecule has 0 aromatic heterocycles. The van der Waals surface area contributed by atoms with Crippen LogP contribution >= 0.6 is 0 Å². The minimum atomic E-state index is -0.263. The zero-order valence-corrected chi connectivity index (χ0v) is 15.2. The lowest BCUT2D eigenvalue weighted by Gasteiger charge is -2.10. The van der Waals surface area contributed by atoms with Gasteiger partial charge >= 0.3 is 6.03 Å². The number of rotatable bonds is 7. The Morgan fingerprint density at radius 2 is 1.37 bits per heavy atom. The second-order valence-corrected chi connectivity index (χ2v) is 6.05. The van der Waals surface area contributed by atoms with Gasteiger partial charge in [-0.15, -0.1) is 0 Å². The maximum atomic E-state index is 12.0. The van der Waals surface area contributed by atoms with Gasteiger partial charge in [-0.1, -0.05) is 30.3 Å². The smallest absolute Gasteiger partial charge is 0.323 e. The first-order chi connectivity index (χ1) is 13.2. The molecule has 3 aromatic rings. The van der Waals surface area contributed by atoms with Gasteiger partial charge in [0.15, 0.2) is 0 Å². The summed E-state index contributed by atoms with van der Waals surface area (Å²) >= 11 is 0. The quantitative estimate of drug-likeness (QED) is 0.555. The molecule has 0 atom stereocenters. The van der Waals surface area contributed by atoms with Crippen molar-refractivity contribution in [2.45, 2.75) is 6.42 Å². The van der Waals surface area contributed by atoms with Gasteiger partial charge in [-0.25, -0.2) is 4.79 Å². The predicted octanol–water partition coefficient (Wildman–Crippen LogP) is 4.99. The molecule has 0 aliphatic heterocycles. The topological polar surface area (TPSA) is 62.4 Å². The van der Waals surface area contributed by atoms with Crippen LogP contribution in [0, 0.1) is 0 Å². The lowest BCUT2D eigenvalue weighted by molar-refractivity contribution is 0.262. The average molecular weight is 361 g/mol. The van der Waals surface area contributed by atoms with Gasteiger partial charge in [-0.05, 0) is 60.5 Å². The highest BCUT2D eigenvalue weighted by Gasteiger charge is 2.02. The van der Waals surface area contributed by atoms with Crippen molar-refractivity contribution in [2.75, 3.05) is 29.6 Å². The molecule has 0 unspecified atom stereocenters. The van der Waals surface area contributed by atoms with Crippen molar-refractivity contribution in [3.63, 3.8) is 0 Å². The number of urea groups is 1. The van der Waals surface area contributed by atoms with Crippen LogP contribution in [0.2, 0.25) is 0 Å². The molecule has 5 nitrogen and oxygen atoms in total. The first kappa shape index (κ1) is 18.3. The minimum Gasteiger partial charge on any atom is -0.497 e. The third-order valence-corrected chi connectivity index (χ3v) is 4.08. The number of hydrogen-bond donors (Lipinski definition) is 3. The van der Waals surface area contributed by atoms with E-state index in [1.807, 2.05) is 66.7 Å². The van der Waals surface area contributed by atoms with Crippen LogP contribution in [0.25, 0.3) is 0 Å². The van der Waals surface area contributed by atoms with Crippen LogP contribution in [0.5, 0.6) is 5.75 Å². The number of anilines is 3.